The second-order valence-corrected chi connectivity index (χ2v) is 8.76. The molecule has 94 valence electrons. The van der Waals surface area contributed by atoms with E-state index in [2.05, 4.69) is 18.5 Å². The quantitative estimate of drug-likeness (QED) is 0.676. The van der Waals surface area contributed by atoms with Crippen LogP contribution in [-0.4, -0.2) is 8.42 Å². The fraction of sp³-hybridized carbons (Fsp3) is 0. The molecule has 0 spiro atoms. The lowest BCUT2D eigenvalue weighted by atomic mass is 10.4. The number of nitrogens with zero attached hydrogens (tertiary/aromatic N) is 1. The Bertz CT molecular complexity index is 654. The summed E-state index contributed by atoms with van der Waals surface area (Å²) in [5, 5.41) is 0. The van der Waals surface area contributed by atoms with Gasteiger partial charge in [0.2, 0.25) is 0 Å². The molecule has 2 aromatic carbocycles. The van der Waals surface area contributed by atoms with Gasteiger partial charge in [-0.05, 0) is 36.4 Å². The Balaban J connectivity index is 2.28. The van der Waals surface area contributed by atoms with Gasteiger partial charge in [-0.1, -0.05) is 34.1 Å². The molecule has 0 atom stereocenters. The lowest BCUT2D eigenvalue weighted by Gasteiger charge is -1.97. The maximum absolute atomic E-state index is 12.0. The van der Waals surface area contributed by atoms with Crippen LogP contribution in [0.1, 0.15) is 0 Å². The summed E-state index contributed by atoms with van der Waals surface area (Å²) in [6, 6.07) is 16.0. The van der Waals surface area contributed by atoms with E-state index in [-0.39, 0.29) is 4.90 Å². The highest BCUT2D eigenvalue weighted by molar-refractivity contribution is 14.2. The number of hydrogen-bond acceptors (Lipinski definition) is 2. The molecule has 3 nitrogen and oxygen atoms in total. The molecule has 0 aliphatic carbocycles. The van der Waals surface area contributed by atoms with E-state index in [1.807, 2.05) is 30.3 Å². The van der Waals surface area contributed by atoms with Gasteiger partial charge in [0, 0.05) is 29.1 Å². The van der Waals surface area contributed by atoms with Crippen molar-refractivity contribution in [3.05, 3.63) is 62.6 Å². The highest BCUT2D eigenvalue weighted by Crippen LogP contribution is 2.22. The smallest absolute Gasteiger partial charge is 0.199 e. The van der Waals surface area contributed by atoms with Crippen molar-refractivity contribution in [1.82, 2.24) is 0 Å². The van der Waals surface area contributed by atoms with Gasteiger partial charge in [-0.2, -0.15) is 8.42 Å². The standard InChI is InChI=1S/C12H9BrINO2S/c13-10-6-8-12(9-7-10)18(16,17)15-14-11-4-2-1-3-5-11/h1-9H. The normalized spacial score (nSPS) is 12.3. The SMILES string of the molecule is O=S(=O)(N=Ic1ccccc1)c1ccc(Br)cc1. The molecule has 0 N–H and O–H groups in total. The van der Waals surface area contributed by atoms with Crippen LogP contribution in [0.5, 0.6) is 0 Å². The minimum atomic E-state index is -3.52. The van der Waals surface area contributed by atoms with E-state index >= 15 is 0 Å². The molecule has 0 aromatic heterocycles. The summed E-state index contributed by atoms with van der Waals surface area (Å²) in [6.07, 6.45) is 0. The van der Waals surface area contributed by atoms with Crippen molar-refractivity contribution >= 4 is 47.0 Å². The van der Waals surface area contributed by atoms with E-state index in [1.165, 1.54) is 0 Å². The van der Waals surface area contributed by atoms with E-state index in [1.54, 1.807) is 24.3 Å². The number of benzene rings is 2. The monoisotopic (exact) mass is 437 g/mol. The Labute approximate surface area is 125 Å². The van der Waals surface area contributed by atoms with Gasteiger partial charge in [-0.25, -0.2) is 0 Å². The van der Waals surface area contributed by atoms with Gasteiger partial charge in [0.1, 0.15) is 0 Å². The maximum Gasteiger partial charge on any atom is 0.286 e. The van der Waals surface area contributed by atoms with Gasteiger partial charge in [0.05, 0.1) is 4.90 Å². The van der Waals surface area contributed by atoms with Crippen LogP contribution in [0.3, 0.4) is 0 Å². The Morgan fingerprint density at radius 3 is 2.17 bits per heavy atom. The molecular formula is C12H9BrINO2S. The van der Waals surface area contributed by atoms with Crippen molar-refractivity contribution in [2.75, 3.05) is 0 Å². The third kappa shape index (κ3) is 3.69. The lowest BCUT2D eigenvalue weighted by molar-refractivity contribution is 0.599. The zero-order valence-corrected chi connectivity index (χ0v) is 13.7. The maximum atomic E-state index is 12.0. The van der Waals surface area contributed by atoms with Crippen LogP contribution in [0.2, 0.25) is 0 Å². The molecule has 0 unspecified atom stereocenters. The van der Waals surface area contributed by atoms with Crippen molar-refractivity contribution in [3.8, 4) is 0 Å². The molecule has 2 aromatic rings. The molecule has 0 radical (unpaired) electrons. The van der Waals surface area contributed by atoms with Gasteiger partial charge in [-0.3, -0.25) is 0 Å². The number of hydrogen-bond donors (Lipinski definition) is 0. The highest BCUT2D eigenvalue weighted by atomic mass is 127. The first-order valence-corrected chi connectivity index (χ1v) is 9.28. The van der Waals surface area contributed by atoms with Crippen LogP contribution in [0.4, 0.5) is 0 Å². The Hall–Kier alpha value is -0.600. The molecule has 0 saturated heterocycles. The van der Waals surface area contributed by atoms with Crippen molar-refractivity contribution in [3.63, 3.8) is 0 Å². The molecule has 0 aliphatic rings. The molecule has 0 aliphatic heterocycles. The van der Waals surface area contributed by atoms with Crippen molar-refractivity contribution < 1.29 is 8.42 Å². The molecule has 0 heterocycles. The average Bonchev–Trinajstić information content (AvgIpc) is 2.38. The van der Waals surface area contributed by atoms with Gasteiger partial charge in [-0.15, -0.1) is 2.55 Å². The number of sulfonamides is 1. The molecule has 6 heteroatoms. The fourth-order valence-corrected chi connectivity index (χ4v) is 5.08. The van der Waals surface area contributed by atoms with Crippen LogP contribution in [0, 0.1) is 3.57 Å². The van der Waals surface area contributed by atoms with Gasteiger partial charge < -0.3 is 0 Å². The van der Waals surface area contributed by atoms with Crippen LogP contribution in [0.25, 0.3) is 0 Å². The first kappa shape index (κ1) is 13.8. The Kier molecular flexibility index (Phi) is 4.63. The van der Waals surface area contributed by atoms with Crippen LogP contribution in [0.15, 0.2) is 66.5 Å². The first-order valence-electron chi connectivity index (χ1n) is 5.00. The Morgan fingerprint density at radius 2 is 1.56 bits per heavy atom. The average molecular weight is 438 g/mol. The summed E-state index contributed by atoms with van der Waals surface area (Å²) in [5.74, 6) is 0. The van der Waals surface area contributed by atoms with Crippen LogP contribution < -0.4 is 0 Å². The van der Waals surface area contributed by atoms with E-state index in [4.69, 9.17) is 0 Å². The fourth-order valence-electron chi connectivity index (χ4n) is 1.20. The van der Waals surface area contributed by atoms with E-state index < -0.39 is 31.1 Å². The zero-order valence-electron chi connectivity index (χ0n) is 9.12. The summed E-state index contributed by atoms with van der Waals surface area (Å²) < 4.78 is 29.6. The van der Waals surface area contributed by atoms with Crippen LogP contribution in [-0.2, 0) is 10.0 Å². The molecule has 2 rings (SSSR count). The van der Waals surface area contributed by atoms with Crippen molar-refractivity contribution in [1.29, 1.82) is 0 Å². The summed E-state index contributed by atoms with van der Waals surface area (Å²) >= 11 is 2.40. The predicted molar refractivity (Wildman–Crippen MR) is 82.9 cm³/mol. The summed E-state index contributed by atoms with van der Waals surface area (Å²) in [5.41, 5.74) is 0. The molecule has 0 saturated carbocycles. The highest BCUT2D eigenvalue weighted by Gasteiger charge is 2.11. The largest absolute Gasteiger partial charge is 0.286 e. The van der Waals surface area contributed by atoms with Gasteiger partial charge in [0.25, 0.3) is 10.0 Å². The summed E-state index contributed by atoms with van der Waals surface area (Å²) in [7, 11) is -3.52. The second-order valence-electron chi connectivity index (χ2n) is 3.38. The van der Waals surface area contributed by atoms with Crippen molar-refractivity contribution in [2.24, 2.45) is 2.55 Å². The predicted octanol–water partition coefficient (Wildman–Crippen LogP) is 4.16. The summed E-state index contributed by atoms with van der Waals surface area (Å²) in [4.78, 5) is 0.237. The first-order chi connectivity index (χ1) is 8.58. The van der Waals surface area contributed by atoms with E-state index in [9.17, 15) is 8.42 Å². The lowest BCUT2D eigenvalue weighted by Crippen LogP contribution is -1.94. The van der Waals surface area contributed by atoms with Crippen molar-refractivity contribution in [2.45, 2.75) is 4.90 Å². The zero-order chi connectivity index (χ0) is 13.0. The van der Waals surface area contributed by atoms with E-state index in [0.717, 1.165) is 8.04 Å². The third-order valence-corrected chi connectivity index (χ3v) is 7.14. The number of halogens is 2. The minimum absolute atomic E-state index is 0.237. The molecule has 0 bridgehead atoms. The topological polar surface area (TPSA) is 46.5 Å². The molecule has 18 heavy (non-hydrogen) atoms. The Morgan fingerprint density at radius 1 is 0.944 bits per heavy atom. The minimum Gasteiger partial charge on any atom is -0.199 e. The molecule has 0 amide bonds. The van der Waals surface area contributed by atoms with E-state index in [0.29, 0.717) is 0 Å². The van der Waals surface area contributed by atoms with Gasteiger partial charge >= 0.3 is 0 Å². The third-order valence-electron chi connectivity index (χ3n) is 2.07. The van der Waals surface area contributed by atoms with Gasteiger partial charge in [0.15, 0.2) is 0 Å². The molecular weight excluding hydrogens is 429 g/mol. The second kappa shape index (κ2) is 6.03. The molecule has 0 fully saturated rings. The van der Waals surface area contributed by atoms with Crippen LogP contribution >= 0.6 is 37.0 Å². The number of rotatable bonds is 3. The summed E-state index contributed by atoms with van der Waals surface area (Å²) in [6.45, 7) is 0.